The number of carbonyl (C=O) groups is 2. The molecule has 1 aromatic rings. The molecule has 0 bridgehead atoms. The summed E-state index contributed by atoms with van der Waals surface area (Å²) in [4.78, 5) is 22.0. The second kappa shape index (κ2) is 13.0. The topological polar surface area (TPSA) is 80.3 Å². The molecule has 1 aromatic carbocycles. The number of benzene rings is 1. The quantitative estimate of drug-likeness (QED) is 0.119. The Bertz CT molecular complexity index is 670. The Labute approximate surface area is 162 Å². The Morgan fingerprint density at radius 2 is 1.07 bits per heavy atom. The van der Waals surface area contributed by atoms with Gasteiger partial charge < -0.3 is 23.7 Å². The minimum absolute atomic E-state index is 0.0727. The predicted molar refractivity (Wildman–Crippen MR) is 85.6 cm³/mol. The van der Waals surface area contributed by atoms with Crippen LogP contribution in [0.15, 0.2) is 0 Å². The van der Waals surface area contributed by atoms with Crippen LogP contribution >= 0.6 is 0 Å². The van der Waals surface area contributed by atoms with E-state index in [-0.39, 0.29) is 46.2 Å². The van der Waals surface area contributed by atoms with Gasteiger partial charge in [0.25, 0.3) is 0 Å². The molecule has 0 saturated heterocycles. The third-order valence-corrected chi connectivity index (χ3v) is 3.11. The van der Waals surface area contributed by atoms with Gasteiger partial charge in [0, 0.05) is 6.92 Å². The van der Waals surface area contributed by atoms with Crippen molar-refractivity contribution in [3.63, 3.8) is 0 Å². The Morgan fingerprint density at radius 1 is 0.655 bits per heavy atom. The van der Waals surface area contributed by atoms with Crippen molar-refractivity contribution in [2.24, 2.45) is 0 Å². The molecule has 0 aliphatic heterocycles. The fourth-order valence-electron chi connectivity index (χ4n) is 1.78. The SMILES string of the molecule is CC(=O)OCCOCCOCCOCCC(=O)Oc1c(F)c(F)c(F)c(F)c1F. The zero-order chi connectivity index (χ0) is 21.8. The normalized spacial score (nSPS) is 10.8. The molecule has 0 radical (unpaired) electrons. The van der Waals surface area contributed by atoms with Crippen LogP contribution < -0.4 is 4.74 Å². The second-order valence-corrected chi connectivity index (χ2v) is 5.30. The molecule has 0 saturated carbocycles. The highest BCUT2D eigenvalue weighted by molar-refractivity contribution is 5.72. The van der Waals surface area contributed by atoms with Crippen LogP contribution in [0.25, 0.3) is 0 Å². The Morgan fingerprint density at radius 3 is 1.55 bits per heavy atom. The van der Waals surface area contributed by atoms with E-state index in [0.717, 1.165) is 0 Å². The minimum Gasteiger partial charge on any atom is -0.463 e. The van der Waals surface area contributed by atoms with Crippen molar-refractivity contribution in [2.75, 3.05) is 46.2 Å². The summed E-state index contributed by atoms with van der Waals surface area (Å²) in [5, 5.41) is 0. The molecule has 0 fully saturated rings. The minimum atomic E-state index is -2.35. The van der Waals surface area contributed by atoms with Gasteiger partial charge in [0.15, 0.2) is 0 Å². The van der Waals surface area contributed by atoms with Crippen molar-refractivity contribution in [2.45, 2.75) is 13.3 Å². The first-order valence-electron chi connectivity index (χ1n) is 8.34. The lowest BCUT2D eigenvalue weighted by Crippen LogP contribution is -2.16. The molecule has 0 aromatic heterocycles. The van der Waals surface area contributed by atoms with Gasteiger partial charge in [-0.05, 0) is 0 Å². The molecular weight excluding hydrogens is 411 g/mol. The summed E-state index contributed by atoms with van der Waals surface area (Å²) in [6.45, 7) is 2.15. The van der Waals surface area contributed by atoms with Crippen molar-refractivity contribution >= 4 is 11.9 Å². The molecule has 0 N–H and O–H groups in total. The van der Waals surface area contributed by atoms with Crippen molar-refractivity contribution in [3.8, 4) is 5.75 Å². The van der Waals surface area contributed by atoms with Crippen molar-refractivity contribution in [1.82, 2.24) is 0 Å². The molecule has 29 heavy (non-hydrogen) atoms. The van der Waals surface area contributed by atoms with E-state index in [1.807, 2.05) is 0 Å². The van der Waals surface area contributed by atoms with E-state index >= 15 is 0 Å². The lowest BCUT2D eigenvalue weighted by Gasteiger charge is -2.09. The lowest BCUT2D eigenvalue weighted by molar-refractivity contribution is -0.142. The van der Waals surface area contributed by atoms with Gasteiger partial charge in [-0.3, -0.25) is 9.59 Å². The molecule has 0 amide bonds. The van der Waals surface area contributed by atoms with Crippen molar-refractivity contribution in [3.05, 3.63) is 29.1 Å². The van der Waals surface area contributed by atoms with Gasteiger partial charge in [-0.2, -0.15) is 8.78 Å². The maximum atomic E-state index is 13.4. The molecule has 0 unspecified atom stereocenters. The number of esters is 2. The highest BCUT2D eigenvalue weighted by Gasteiger charge is 2.28. The summed E-state index contributed by atoms with van der Waals surface area (Å²) >= 11 is 0. The van der Waals surface area contributed by atoms with E-state index in [1.54, 1.807) is 0 Å². The highest BCUT2D eigenvalue weighted by Crippen LogP contribution is 2.29. The number of hydrogen-bond acceptors (Lipinski definition) is 7. The third-order valence-electron chi connectivity index (χ3n) is 3.11. The average Bonchev–Trinajstić information content (AvgIpc) is 2.68. The number of carbonyl (C=O) groups excluding carboxylic acids is 2. The van der Waals surface area contributed by atoms with E-state index in [9.17, 15) is 31.5 Å². The van der Waals surface area contributed by atoms with Crippen LogP contribution in [0.1, 0.15) is 13.3 Å². The van der Waals surface area contributed by atoms with Gasteiger partial charge in [0.1, 0.15) is 6.61 Å². The van der Waals surface area contributed by atoms with Gasteiger partial charge in [-0.15, -0.1) is 0 Å². The molecule has 0 aliphatic carbocycles. The van der Waals surface area contributed by atoms with Crippen LogP contribution in [0, 0.1) is 29.1 Å². The van der Waals surface area contributed by atoms with Crippen LogP contribution in [0.2, 0.25) is 0 Å². The standard InChI is InChI=1S/C17H19F5O7/c1-10(23)28-9-8-27-7-6-26-5-4-25-3-2-11(24)29-17-15(21)13(19)12(18)14(20)16(17)22/h2-9H2,1H3. The molecule has 0 atom stereocenters. The van der Waals surface area contributed by atoms with Crippen LogP contribution in [-0.2, 0) is 28.5 Å². The van der Waals surface area contributed by atoms with Crippen LogP contribution in [0.4, 0.5) is 22.0 Å². The smallest absolute Gasteiger partial charge is 0.313 e. The Balaban J connectivity index is 2.15. The van der Waals surface area contributed by atoms with Crippen LogP contribution in [0.5, 0.6) is 5.75 Å². The van der Waals surface area contributed by atoms with Gasteiger partial charge in [-0.25, -0.2) is 13.2 Å². The second-order valence-electron chi connectivity index (χ2n) is 5.30. The number of ether oxygens (including phenoxy) is 5. The number of hydrogen-bond donors (Lipinski definition) is 0. The van der Waals surface area contributed by atoms with E-state index < -0.39 is 53.2 Å². The Hall–Kier alpha value is -2.31. The summed E-state index contributed by atoms with van der Waals surface area (Å²) < 4.78 is 89.8. The van der Waals surface area contributed by atoms with E-state index in [1.165, 1.54) is 6.92 Å². The summed E-state index contributed by atoms with van der Waals surface area (Å²) in [5.74, 6) is -14.6. The maximum Gasteiger partial charge on any atom is 0.313 e. The van der Waals surface area contributed by atoms with Gasteiger partial charge in [0.05, 0.1) is 46.1 Å². The molecular formula is C17H19F5O7. The molecule has 7 nitrogen and oxygen atoms in total. The predicted octanol–water partition coefficient (Wildman–Crippen LogP) is 2.29. The summed E-state index contributed by atoms with van der Waals surface area (Å²) in [6, 6.07) is 0. The molecule has 0 aliphatic rings. The summed E-state index contributed by atoms with van der Waals surface area (Å²) in [7, 11) is 0. The van der Waals surface area contributed by atoms with E-state index in [4.69, 9.17) is 14.2 Å². The number of halogens is 5. The zero-order valence-corrected chi connectivity index (χ0v) is 15.4. The molecule has 164 valence electrons. The van der Waals surface area contributed by atoms with Crippen LogP contribution in [-0.4, -0.2) is 58.2 Å². The molecule has 12 heteroatoms. The first-order chi connectivity index (χ1) is 13.8. The van der Waals surface area contributed by atoms with Crippen LogP contribution in [0.3, 0.4) is 0 Å². The Kier molecular flexibility index (Phi) is 11.1. The highest BCUT2D eigenvalue weighted by atomic mass is 19.2. The number of rotatable bonds is 13. The summed E-state index contributed by atoms with van der Waals surface area (Å²) in [5.41, 5.74) is 0. The third kappa shape index (κ3) is 8.71. The van der Waals surface area contributed by atoms with E-state index in [2.05, 4.69) is 9.47 Å². The zero-order valence-electron chi connectivity index (χ0n) is 15.4. The average molecular weight is 430 g/mol. The van der Waals surface area contributed by atoms with Gasteiger partial charge in [-0.1, -0.05) is 0 Å². The fraction of sp³-hybridized carbons (Fsp3) is 0.529. The molecule has 0 spiro atoms. The maximum absolute atomic E-state index is 13.4. The molecule has 0 heterocycles. The molecule has 1 rings (SSSR count). The monoisotopic (exact) mass is 430 g/mol. The van der Waals surface area contributed by atoms with Crippen molar-refractivity contribution < 1.29 is 55.2 Å². The van der Waals surface area contributed by atoms with Gasteiger partial charge >= 0.3 is 11.9 Å². The first-order valence-corrected chi connectivity index (χ1v) is 8.34. The summed E-state index contributed by atoms with van der Waals surface area (Å²) in [6.07, 6.45) is -0.487. The van der Waals surface area contributed by atoms with E-state index in [0.29, 0.717) is 0 Å². The first kappa shape index (κ1) is 24.7. The lowest BCUT2D eigenvalue weighted by atomic mass is 10.2. The van der Waals surface area contributed by atoms with Crippen molar-refractivity contribution in [1.29, 1.82) is 0 Å². The fourth-order valence-corrected chi connectivity index (χ4v) is 1.78. The van der Waals surface area contributed by atoms with Gasteiger partial charge in [0.2, 0.25) is 34.8 Å². The largest absolute Gasteiger partial charge is 0.463 e.